The van der Waals surface area contributed by atoms with Crippen LogP contribution >= 0.6 is 11.3 Å². The van der Waals surface area contributed by atoms with Crippen molar-refractivity contribution in [2.24, 2.45) is 0 Å². The summed E-state index contributed by atoms with van der Waals surface area (Å²) in [5.41, 5.74) is 0.749. The number of amides is 1. The lowest BCUT2D eigenvalue weighted by atomic mass is 10.0. The van der Waals surface area contributed by atoms with Crippen molar-refractivity contribution in [1.29, 1.82) is 0 Å². The van der Waals surface area contributed by atoms with Gasteiger partial charge < -0.3 is 10.1 Å². The van der Waals surface area contributed by atoms with Crippen molar-refractivity contribution in [2.75, 3.05) is 32.8 Å². The molecule has 0 aliphatic carbocycles. The van der Waals surface area contributed by atoms with Gasteiger partial charge >= 0.3 is 0 Å². The zero-order valence-corrected chi connectivity index (χ0v) is 17.2. The van der Waals surface area contributed by atoms with Gasteiger partial charge in [0.1, 0.15) is 5.56 Å². The Morgan fingerprint density at radius 2 is 2.03 bits per heavy atom. The minimum Gasteiger partial charge on any atom is -0.379 e. The Balaban J connectivity index is 1.54. The molecule has 1 N–H and O–H groups in total. The second-order valence-electron chi connectivity index (χ2n) is 7.15. The molecule has 0 spiro atoms. The molecule has 1 aliphatic rings. The van der Waals surface area contributed by atoms with E-state index in [0.717, 1.165) is 49.7 Å². The highest BCUT2D eigenvalue weighted by atomic mass is 32.1. The van der Waals surface area contributed by atoms with Crippen molar-refractivity contribution in [3.8, 4) is 0 Å². The predicted molar refractivity (Wildman–Crippen MR) is 113 cm³/mol. The van der Waals surface area contributed by atoms with Crippen LogP contribution in [0.4, 0.5) is 0 Å². The van der Waals surface area contributed by atoms with Gasteiger partial charge in [-0.15, -0.1) is 11.3 Å². The van der Waals surface area contributed by atoms with Gasteiger partial charge in [0.15, 0.2) is 4.96 Å². The number of carbonyl (C=O) groups excluding carboxylic acids is 1. The molecular weight excluding hydrogens is 388 g/mol. The van der Waals surface area contributed by atoms with Crippen molar-refractivity contribution in [3.05, 3.63) is 69.1 Å². The second kappa shape index (κ2) is 8.86. The van der Waals surface area contributed by atoms with E-state index in [-0.39, 0.29) is 17.2 Å². The van der Waals surface area contributed by atoms with Crippen LogP contribution < -0.4 is 10.9 Å². The maximum absolute atomic E-state index is 13.0. The molecule has 1 saturated heterocycles. The second-order valence-corrected chi connectivity index (χ2v) is 8.36. The maximum atomic E-state index is 13.0. The highest BCUT2D eigenvalue weighted by molar-refractivity contribution is 7.16. The van der Waals surface area contributed by atoms with Crippen molar-refractivity contribution < 1.29 is 9.53 Å². The SMILES string of the molecule is Cc1cn2c(=O)c(C(=O)N[C@@H](CCN3CCOCC3)c3ccccc3)cnc2s1. The van der Waals surface area contributed by atoms with Crippen molar-refractivity contribution in [1.82, 2.24) is 19.6 Å². The van der Waals surface area contributed by atoms with Crippen LogP contribution in [0.5, 0.6) is 0 Å². The molecule has 4 rings (SSSR count). The molecule has 0 radical (unpaired) electrons. The molecule has 1 atom stereocenters. The lowest BCUT2D eigenvalue weighted by Gasteiger charge is -2.28. The van der Waals surface area contributed by atoms with Crippen LogP contribution in [-0.4, -0.2) is 53.0 Å². The standard InChI is InChI=1S/C21H24N4O3S/c1-15-14-25-20(27)17(13-22-21(25)29-15)19(26)23-18(16-5-3-2-4-6-16)7-8-24-9-11-28-12-10-24/h2-6,13-14,18H,7-12H2,1H3,(H,23,26)/t18-/m0/s1. The first kappa shape index (κ1) is 19.8. The van der Waals surface area contributed by atoms with E-state index in [9.17, 15) is 9.59 Å². The van der Waals surface area contributed by atoms with E-state index >= 15 is 0 Å². The lowest BCUT2D eigenvalue weighted by molar-refractivity contribution is 0.0360. The average molecular weight is 413 g/mol. The van der Waals surface area contributed by atoms with Gasteiger partial charge in [0.2, 0.25) is 0 Å². The highest BCUT2D eigenvalue weighted by Gasteiger charge is 2.21. The van der Waals surface area contributed by atoms with Gasteiger partial charge in [-0.2, -0.15) is 0 Å². The van der Waals surface area contributed by atoms with E-state index < -0.39 is 5.91 Å². The Kier molecular flexibility index (Phi) is 6.03. The molecule has 0 bridgehead atoms. The van der Waals surface area contributed by atoms with Crippen molar-refractivity contribution >= 4 is 22.2 Å². The molecule has 0 unspecified atom stereocenters. The van der Waals surface area contributed by atoms with Gasteiger partial charge in [0.05, 0.1) is 19.3 Å². The normalized spacial score (nSPS) is 16.0. The molecule has 3 aromatic rings. The highest BCUT2D eigenvalue weighted by Crippen LogP contribution is 2.18. The fourth-order valence-electron chi connectivity index (χ4n) is 3.53. The van der Waals surface area contributed by atoms with Crippen LogP contribution in [0.15, 0.2) is 47.5 Å². The molecule has 1 amide bonds. The molecule has 3 heterocycles. The van der Waals surface area contributed by atoms with Crippen LogP contribution in [0.1, 0.15) is 33.3 Å². The number of morpholine rings is 1. The number of fused-ring (bicyclic) bond motifs is 1. The maximum Gasteiger partial charge on any atom is 0.271 e. The fourth-order valence-corrected chi connectivity index (χ4v) is 4.32. The summed E-state index contributed by atoms with van der Waals surface area (Å²) in [6.07, 6.45) is 3.86. The van der Waals surface area contributed by atoms with Crippen LogP contribution in [-0.2, 0) is 4.74 Å². The van der Waals surface area contributed by atoms with Crippen LogP contribution in [0, 0.1) is 6.92 Å². The molecular formula is C21H24N4O3S. The van der Waals surface area contributed by atoms with Gasteiger partial charge in [-0.05, 0) is 18.9 Å². The van der Waals surface area contributed by atoms with Crippen molar-refractivity contribution in [2.45, 2.75) is 19.4 Å². The number of aryl methyl sites for hydroxylation is 1. The molecule has 2 aromatic heterocycles. The van der Waals surface area contributed by atoms with E-state index in [1.165, 1.54) is 21.9 Å². The summed E-state index contributed by atoms with van der Waals surface area (Å²) >= 11 is 1.43. The number of hydrogen-bond donors (Lipinski definition) is 1. The van der Waals surface area contributed by atoms with Gasteiger partial charge in [0.25, 0.3) is 11.5 Å². The van der Waals surface area contributed by atoms with Gasteiger partial charge in [0, 0.05) is 36.9 Å². The molecule has 29 heavy (non-hydrogen) atoms. The number of ether oxygens (including phenoxy) is 1. The van der Waals surface area contributed by atoms with Gasteiger partial charge in [-0.25, -0.2) is 4.98 Å². The molecule has 1 aliphatic heterocycles. The lowest BCUT2D eigenvalue weighted by Crippen LogP contribution is -2.39. The molecule has 7 nitrogen and oxygen atoms in total. The first-order valence-corrected chi connectivity index (χ1v) is 10.6. The zero-order chi connectivity index (χ0) is 20.2. The molecule has 8 heteroatoms. The van der Waals surface area contributed by atoms with Crippen LogP contribution in [0.3, 0.4) is 0 Å². The number of hydrogen-bond acceptors (Lipinski definition) is 6. The first-order chi connectivity index (χ1) is 14.1. The smallest absolute Gasteiger partial charge is 0.271 e. The summed E-state index contributed by atoms with van der Waals surface area (Å²) in [5, 5.41) is 3.05. The first-order valence-electron chi connectivity index (χ1n) is 9.75. The number of aromatic nitrogens is 2. The minimum absolute atomic E-state index is 0.0626. The number of nitrogens with one attached hydrogen (secondary N) is 1. The predicted octanol–water partition coefficient (Wildman–Crippen LogP) is 2.26. The van der Waals surface area contributed by atoms with E-state index in [1.54, 1.807) is 6.20 Å². The van der Waals surface area contributed by atoms with Crippen molar-refractivity contribution in [3.63, 3.8) is 0 Å². The molecule has 152 valence electrons. The third kappa shape index (κ3) is 4.55. The molecule has 0 saturated carbocycles. The summed E-state index contributed by atoms with van der Waals surface area (Å²) in [7, 11) is 0. The van der Waals surface area contributed by atoms with Crippen LogP contribution in [0.2, 0.25) is 0 Å². The van der Waals surface area contributed by atoms with Gasteiger partial charge in [-0.1, -0.05) is 30.3 Å². The summed E-state index contributed by atoms with van der Waals surface area (Å²) in [6.45, 7) is 6.04. The quantitative estimate of drug-likeness (QED) is 0.672. The van der Waals surface area contributed by atoms with E-state index in [2.05, 4.69) is 15.2 Å². The monoisotopic (exact) mass is 412 g/mol. The Hall–Kier alpha value is -2.55. The fraction of sp³-hybridized carbons (Fsp3) is 0.381. The summed E-state index contributed by atoms with van der Waals surface area (Å²) in [4.78, 5) is 33.9. The summed E-state index contributed by atoms with van der Waals surface area (Å²) in [6, 6.07) is 9.69. The molecule has 1 fully saturated rings. The number of carbonyl (C=O) groups is 1. The van der Waals surface area contributed by atoms with Gasteiger partial charge in [-0.3, -0.25) is 18.9 Å². The average Bonchev–Trinajstić information content (AvgIpc) is 3.14. The number of nitrogens with zero attached hydrogens (tertiary/aromatic N) is 3. The topological polar surface area (TPSA) is 75.9 Å². The summed E-state index contributed by atoms with van der Waals surface area (Å²) < 4.78 is 6.85. The van der Waals surface area contributed by atoms with Crippen LogP contribution in [0.25, 0.3) is 4.96 Å². The number of thiazole rings is 1. The van der Waals surface area contributed by atoms with E-state index in [1.807, 2.05) is 37.3 Å². The number of rotatable bonds is 6. The minimum atomic E-state index is -0.392. The Morgan fingerprint density at radius 3 is 2.79 bits per heavy atom. The summed E-state index contributed by atoms with van der Waals surface area (Å²) in [5.74, 6) is -0.392. The molecule has 1 aromatic carbocycles. The van der Waals surface area contributed by atoms with E-state index in [4.69, 9.17) is 4.74 Å². The Morgan fingerprint density at radius 1 is 1.28 bits per heavy atom. The van der Waals surface area contributed by atoms with E-state index in [0.29, 0.717) is 4.96 Å². The zero-order valence-electron chi connectivity index (χ0n) is 16.3. The third-order valence-electron chi connectivity index (χ3n) is 5.11. The Bertz CT molecular complexity index is 1040. The third-order valence-corrected chi connectivity index (χ3v) is 6.02. The largest absolute Gasteiger partial charge is 0.379 e. The Labute approximate surface area is 173 Å². The number of benzene rings is 1.